The van der Waals surface area contributed by atoms with E-state index in [1.165, 1.54) is 6.08 Å². The van der Waals surface area contributed by atoms with Gasteiger partial charge in [-0.3, -0.25) is 0 Å². The van der Waals surface area contributed by atoms with Gasteiger partial charge >= 0.3 is 15.6 Å². The second-order valence-electron chi connectivity index (χ2n) is 3.03. The second kappa shape index (κ2) is 4.32. The lowest BCUT2D eigenvalue weighted by molar-refractivity contribution is -0.0524. The number of rotatable bonds is 2. The van der Waals surface area contributed by atoms with E-state index in [9.17, 15) is 21.6 Å². The van der Waals surface area contributed by atoms with Crippen LogP contribution in [0.1, 0.15) is 19.3 Å². The second-order valence-corrected chi connectivity index (χ2v) is 5.86. The first-order valence-electron chi connectivity index (χ1n) is 4.06. The minimum absolute atomic E-state index is 0.136. The highest BCUT2D eigenvalue weighted by molar-refractivity contribution is 9.09. The van der Waals surface area contributed by atoms with Crippen molar-refractivity contribution in [1.29, 1.82) is 0 Å². The van der Waals surface area contributed by atoms with Crippen LogP contribution >= 0.6 is 15.9 Å². The highest BCUT2D eigenvalue weighted by Gasteiger charge is 2.48. The number of hydrogen-bond donors (Lipinski definition) is 0. The van der Waals surface area contributed by atoms with E-state index in [0.717, 1.165) is 0 Å². The molecule has 88 valence electrons. The molecule has 0 radical (unpaired) electrons. The summed E-state index contributed by atoms with van der Waals surface area (Å²) in [6, 6.07) is 0. The first kappa shape index (κ1) is 12.8. The summed E-state index contributed by atoms with van der Waals surface area (Å²) in [6.45, 7) is 0. The molecule has 0 amide bonds. The lowest BCUT2D eigenvalue weighted by atomic mass is 10.1. The van der Waals surface area contributed by atoms with Crippen molar-refractivity contribution in [2.75, 3.05) is 0 Å². The zero-order valence-electron chi connectivity index (χ0n) is 7.42. The summed E-state index contributed by atoms with van der Waals surface area (Å²) in [5.74, 6) is -0.136. The summed E-state index contributed by atoms with van der Waals surface area (Å²) >= 11 is 3.26. The van der Waals surface area contributed by atoms with E-state index in [1.54, 1.807) is 0 Å². The molecule has 0 saturated carbocycles. The van der Waals surface area contributed by atoms with Gasteiger partial charge in [-0.15, -0.1) is 0 Å². The monoisotopic (exact) mass is 308 g/mol. The van der Waals surface area contributed by atoms with E-state index in [-0.39, 0.29) is 17.0 Å². The Morgan fingerprint density at radius 1 is 1.47 bits per heavy atom. The van der Waals surface area contributed by atoms with Crippen LogP contribution in [0.2, 0.25) is 0 Å². The summed E-state index contributed by atoms with van der Waals surface area (Å²) < 4.78 is 60.9. The Labute approximate surface area is 93.5 Å². The predicted molar refractivity (Wildman–Crippen MR) is 50.7 cm³/mol. The van der Waals surface area contributed by atoms with E-state index in [1.807, 2.05) is 0 Å². The zero-order valence-corrected chi connectivity index (χ0v) is 9.82. The molecule has 0 aliphatic heterocycles. The maximum atomic E-state index is 11.9. The molecule has 0 bridgehead atoms. The molecule has 0 aromatic rings. The van der Waals surface area contributed by atoms with Crippen LogP contribution in [0.3, 0.4) is 0 Å². The van der Waals surface area contributed by atoms with Gasteiger partial charge in [0.1, 0.15) is 5.76 Å². The normalized spacial score (nSPS) is 23.5. The lowest BCUT2D eigenvalue weighted by Crippen LogP contribution is -2.26. The number of alkyl halides is 4. The highest BCUT2D eigenvalue weighted by Crippen LogP contribution is 2.31. The van der Waals surface area contributed by atoms with Crippen molar-refractivity contribution in [1.82, 2.24) is 0 Å². The Morgan fingerprint density at radius 2 is 2.07 bits per heavy atom. The molecule has 1 rings (SSSR count). The molecule has 0 heterocycles. The number of hydrogen-bond acceptors (Lipinski definition) is 3. The van der Waals surface area contributed by atoms with Crippen LogP contribution in [0.15, 0.2) is 11.8 Å². The summed E-state index contributed by atoms with van der Waals surface area (Å²) in [5.41, 5.74) is -5.36. The van der Waals surface area contributed by atoms with Crippen LogP contribution in [0.4, 0.5) is 13.2 Å². The van der Waals surface area contributed by atoms with Gasteiger partial charge in [-0.05, 0) is 18.9 Å². The molecule has 0 fully saturated rings. The predicted octanol–water partition coefficient (Wildman–Crippen LogP) is 2.68. The molecule has 0 N–H and O–H groups in total. The first-order valence-corrected chi connectivity index (χ1v) is 6.38. The molecule has 8 heteroatoms. The van der Waals surface area contributed by atoms with E-state index >= 15 is 0 Å². The molecule has 1 atom stereocenters. The summed E-state index contributed by atoms with van der Waals surface area (Å²) in [5, 5.41) is 0. The SMILES string of the molecule is O=S(=O)(OC1=CCC(Br)CC1)C(F)(F)F. The summed E-state index contributed by atoms with van der Waals surface area (Å²) in [4.78, 5) is 0.165. The molecular weight excluding hydrogens is 301 g/mol. The van der Waals surface area contributed by atoms with Crippen molar-refractivity contribution in [3.05, 3.63) is 11.8 Å². The molecule has 0 saturated heterocycles. The van der Waals surface area contributed by atoms with E-state index in [4.69, 9.17) is 0 Å². The maximum Gasteiger partial charge on any atom is 0.534 e. The van der Waals surface area contributed by atoms with Crippen molar-refractivity contribution in [3.63, 3.8) is 0 Å². The molecule has 15 heavy (non-hydrogen) atoms. The lowest BCUT2D eigenvalue weighted by Gasteiger charge is -2.17. The smallest absolute Gasteiger partial charge is 0.381 e. The van der Waals surface area contributed by atoms with Gasteiger partial charge in [-0.1, -0.05) is 15.9 Å². The molecule has 1 aliphatic carbocycles. The Balaban J connectivity index is 2.72. The quantitative estimate of drug-likeness (QED) is 0.447. The average molecular weight is 309 g/mol. The third-order valence-electron chi connectivity index (χ3n) is 1.81. The molecule has 0 aromatic carbocycles. The molecule has 0 aromatic heterocycles. The van der Waals surface area contributed by atoms with Crippen LogP contribution < -0.4 is 0 Å². The van der Waals surface area contributed by atoms with E-state index < -0.39 is 15.6 Å². The Hall–Kier alpha value is -0.240. The van der Waals surface area contributed by atoms with Gasteiger partial charge in [0.2, 0.25) is 0 Å². The Kier molecular flexibility index (Phi) is 3.70. The molecule has 1 unspecified atom stereocenters. The third kappa shape index (κ3) is 3.37. The van der Waals surface area contributed by atoms with Crippen LogP contribution in [-0.2, 0) is 14.3 Å². The largest absolute Gasteiger partial charge is 0.534 e. The van der Waals surface area contributed by atoms with Gasteiger partial charge in [-0.25, -0.2) is 0 Å². The molecular formula is C7H8BrF3O3S. The molecule has 0 spiro atoms. The maximum absolute atomic E-state index is 11.9. The van der Waals surface area contributed by atoms with E-state index in [0.29, 0.717) is 12.8 Å². The number of allylic oxidation sites excluding steroid dienone is 2. The van der Waals surface area contributed by atoms with Crippen LogP contribution in [0.5, 0.6) is 0 Å². The van der Waals surface area contributed by atoms with Gasteiger partial charge in [0.15, 0.2) is 0 Å². The first-order chi connectivity index (χ1) is 6.72. The Morgan fingerprint density at radius 3 is 2.47 bits per heavy atom. The number of halogens is 4. The topological polar surface area (TPSA) is 43.4 Å². The van der Waals surface area contributed by atoms with Crippen molar-refractivity contribution in [2.24, 2.45) is 0 Å². The third-order valence-corrected chi connectivity index (χ3v) is 3.64. The van der Waals surface area contributed by atoms with Gasteiger partial charge in [0.25, 0.3) is 0 Å². The Bertz CT molecular complexity index is 360. The fourth-order valence-electron chi connectivity index (χ4n) is 1.04. The highest BCUT2D eigenvalue weighted by atomic mass is 79.9. The van der Waals surface area contributed by atoms with Crippen molar-refractivity contribution < 1.29 is 25.8 Å². The van der Waals surface area contributed by atoms with Crippen molar-refractivity contribution in [3.8, 4) is 0 Å². The fraction of sp³-hybridized carbons (Fsp3) is 0.714. The molecule has 3 nitrogen and oxygen atoms in total. The van der Waals surface area contributed by atoms with Crippen molar-refractivity contribution in [2.45, 2.75) is 29.6 Å². The minimum Gasteiger partial charge on any atom is -0.381 e. The van der Waals surface area contributed by atoms with Crippen LogP contribution in [-0.4, -0.2) is 18.8 Å². The minimum atomic E-state index is -5.50. The van der Waals surface area contributed by atoms with Gasteiger partial charge < -0.3 is 4.18 Å². The van der Waals surface area contributed by atoms with E-state index in [2.05, 4.69) is 20.1 Å². The summed E-state index contributed by atoms with van der Waals surface area (Å²) in [6.07, 6.45) is 2.55. The van der Waals surface area contributed by atoms with Gasteiger partial charge in [-0.2, -0.15) is 21.6 Å². The average Bonchev–Trinajstić information content (AvgIpc) is 2.06. The standard InChI is InChI=1S/C7H8BrF3O3S/c8-5-1-3-6(4-2-5)14-15(12,13)7(9,10)11/h3,5H,1-2,4H2. The van der Waals surface area contributed by atoms with Crippen LogP contribution in [0.25, 0.3) is 0 Å². The summed E-state index contributed by atoms with van der Waals surface area (Å²) in [7, 11) is -5.50. The van der Waals surface area contributed by atoms with Crippen molar-refractivity contribution >= 4 is 26.0 Å². The van der Waals surface area contributed by atoms with Crippen LogP contribution in [0, 0.1) is 0 Å². The van der Waals surface area contributed by atoms with Gasteiger partial charge in [0, 0.05) is 11.2 Å². The fourth-order valence-corrected chi connectivity index (χ4v) is 1.99. The van der Waals surface area contributed by atoms with Gasteiger partial charge in [0.05, 0.1) is 0 Å². The zero-order chi connectivity index (χ0) is 11.7. The molecule has 1 aliphatic rings.